The molecule has 0 spiro atoms. The van der Waals surface area contributed by atoms with Crippen molar-refractivity contribution in [2.45, 2.75) is 59.2 Å². The zero-order valence-corrected chi connectivity index (χ0v) is 18.7. The lowest BCUT2D eigenvalue weighted by molar-refractivity contribution is 0.184. The van der Waals surface area contributed by atoms with Gasteiger partial charge >= 0.3 is 0 Å². The second-order valence-electron chi connectivity index (χ2n) is 8.14. The van der Waals surface area contributed by atoms with Crippen molar-refractivity contribution < 1.29 is 9.84 Å². The first kappa shape index (κ1) is 23.5. The van der Waals surface area contributed by atoms with Crippen LogP contribution < -0.4 is 15.4 Å². The van der Waals surface area contributed by atoms with Gasteiger partial charge in [0.15, 0.2) is 5.96 Å². The fourth-order valence-electron chi connectivity index (χ4n) is 3.64. The summed E-state index contributed by atoms with van der Waals surface area (Å²) in [5.74, 6) is 2.28. The largest absolute Gasteiger partial charge is 0.491 e. The summed E-state index contributed by atoms with van der Waals surface area (Å²) < 4.78 is 5.66. The summed E-state index contributed by atoms with van der Waals surface area (Å²) in [6.07, 6.45) is 3.22. The van der Waals surface area contributed by atoms with Gasteiger partial charge in [0.1, 0.15) is 5.75 Å². The molecule has 3 N–H and O–H groups in total. The summed E-state index contributed by atoms with van der Waals surface area (Å²) in [5, 5.41) is 17.2. The molecule has 2 rings (SSSR count). The number of hydrogen-bond acceptors (Lipinski definition) is 4. The molecule has 0 aromatic heterocycles. The van der Waals surface area contributed by atoms with Crippen molar-refractivity contribution in [1.82, 2.24) is 15.5 Å². The quantitative estimate of drug-likeness (QED) is 0.413. The van der Waals surface area contributed by atoms with E-state index in [-0.39, 0.29) is 6.10 Å². The van der Waals surface area contributed by atoms with Crippen LogP contribution in [-0.2, 0) is 0 Å². The molecule has 0 aliphatic carbocycles. The summed E-state index contributed by atoms with van der Waals surface area (Å²) in [7, 11) is 0. The molecule has 0 amide bonds. The third-order valence-corrected chi connectivity index (χ3v) is 5.21. The van der Waals surface area contributed by atoms with E-state index >= 15 is 0 Å². The van der Waals surface area contributed by atoms with Crippen LogP contribution >= 0.6 is 0 Å². The van der Waals surface area contributed by atoms with E-state index in [2.05, 4.69) is 34.4 Å². The third-order valence-electron chi connectivity index (χ3n) is 5.21. The van der Waals surface area contributed by atoms with Gasteiger partial charge in [-0.15, -0.1) is 0 Å². The van der Waals surface area contributed by atoms with Gasteiger partial charge in [-0.25, -0.2) is 0 Å². The van der Waals surface area contributed by atoms with Crippen molar-refractivity contribution >= 4 is 5.96 Å². The standard InChI is InChI=1S/C23H40N4O2/c1-5-13-27-14-11-19(12-15-27)16-25-23(24-6-2)26-17-22(28)20-7-9-21(10-8-20)29-18(3)4/h7-10,18-19,22,28H,5-6,11-17H2,1-4H3,(H2,24,25,26). The maximum absolute atomic E-state index is 10.5. The lowest BCUT2D eigenvalue weighted by atomic mass is 9.97. The van der Waals surface area contributed by atoms with Crippen molar-refractivity contribution in [3.05, 3.63) is 29.8 Å². The van der Waals surface area contributed by atoms with E-state index in [1.54, 1.807) is 0 Å². The van der Waals surface area contributed by atoms with Gasteiger partial charge in [0, 0.05) is 13.1 Å². The smallest absolute Gasteiger partial charge is 0.191 e. The lowest BCUT2D eigenvalue weighted by Crippen LogP contribution is -2.43. The van der Waals surface area contributed by atoms with Crippen LogP contribution in [-0.4, -0.2) is 61.3 Å². The second kappa shape index (κ2) is 12.7. The molecular formula is C23H40N4O2. The van der Waals surface area contributed by atoms with Crippen molar-refractivity contribution in [2.75, 3.05) is 39.3 Å². The van der Waals surface area contributed by atoms with Crippen LogP contribution in [0.3, 0.4) is 0 Å². The molecule has 6 nitrogen and oxygen atoms in total. The number of aliphatic hydroxyl groups excluding tert-OH is 1. The van der Waals surface area contributed by atoms with Crippen LogP contribution in [0.5, 0.6) is 5.75 Å². The first-order valence-corrected chi connectivity index (χ1v) is 11.2. The molecule has 0 bridgehead atoms. The molecule has 1 aromatic rings. The Hall–Kier alpha value is -1.79. The highest BCUT2D eigenvalue weighted by Crippen LogP contribution is 2.19. The molecule has 29 heavy (non-hydrogen) atoms. The number of nitrogens with one attached hydrogen (secondary N) is 2. The van der Waals surface area contributed by atoms with Gasteiger partial charge in [0.05, 0.1) is 18.8 Å². The van der Waals surface area contributed by atoms with Crippen LogP contribution in [0.2, 0.25) is 0 Å². The number of aliphatic hydroxyl groups is 1. The highest BCUT2D eigenvalue weighted by molar-refractivity contribution is 5.79. The summed E-state index contributed by atoms with van der Waals surface area (Å²) in [5.41, 5.74) is 0.851. The van der Waals surface area contributed by atoms with E-state index in [4.69, 9.17) is 4.74 Å². The number of ether oxygens (including phenoxy) is 1. The number of piperidine rings is 1. The Bertz CT molecular complexity index is 595. The van der Waals surface area contributed by atoms with Crippen LogP contribution in [0.15, 0.2) is 29.3 Å². The summed E-state index contributed by atoms with van der Waals surface area (Å²) in [6, 6.07) is 7.61. The van der Waals surface area contributed by atoms with Crippen molar-refractivity contribution in [2.24, 2.45) is 10.9 Å². The van der Waals surface area contributed by atoms with Crippen LogP contribution in [0.1, 0.15) is 58.6 Å². The number of rotatable bonds is 10. The van der Waals surface area contributed by atoms with E-state index in [0.29, 0.717) is 12.5 Å². The molecule has 1 saturated heterocycles. The van der Waals surface area contributed by atoms with Gasteiger partial charge in [0.2, 0.25) is 0 Å². The highest BCUT2D eigenvalue weighted by Gasteiger charge is 2.18. The number of likely N-dealkylation sites (tertiary alicyclic amines) is 1. The van der Waals surface area contributed by atoms with E-state index in [1.807, 2.05) is 38.1 Å². The molecule has 1 aliphatic rings. The van der Waals surface area contributed by atoms with Gasteiger partial charge in [0.25, 0.3) is 0 Å². The number of guanidine groups is 1. The molecule has 0 saturated carbocycles. The van der Waals surface area contributed by atoms with Gasteiger partial charge in [-0.05, 0) is 83.3 Å². The predicted octanol–water partition coefficient (Wildman–Crippen LogP) is 3.18. The van der Waals surface area contributed by atoms with E-state index in [9.17, 15) is 5.11 Å². The average Bonchev–Trinajstić information content (AvgIpc) is 2.71. The number of nitrogens with zero attached hydrogens (tertiary/aromatic N) is 2. The minimum atomic E-state index is -0.629. The third kappa shape index (κ3) is 8.62. The zero-order chi connectivity index (χ0) is 21.1. The van der Waals surface area contributed by atoms with E-state index < -0.39 is 6.10 Å². The Labute approximate surface area is 176 Å². The van der Waals surface area contributed by atoms with Crippen molar-refractivity contribution in [1.29, 1.82) is 0 Å². The van der Waals surface area contributed by atoms with Gasteiger partial charge in [-0.3, -0.25) is 4.99 Å². The van der Waals surface area contributed by atoms with Crippen LogP contribution in [0.4, 0.5) is 0 Å². The Morgan fingerprint density at radius 3 is 2.45 bits per heavy atom. The van der Waals surface area contributed by atoms with Gasteiger partial charge in [-0.2, -0.15) is 0 Å². The van der Waals surface area contributed by atoms with Gasteiger partial charge < -0.3 is 25.4 Å². The number of hydrogen-bond donors (Lipinski definition) is 3. The van der Waals surface area contributed by atoms with Gasteiger partial charge in [-0.1, -0.05) is 19.1 Å². The van der Waals surface area contributed by atoms with Crippen molar-refractivity contribution in [3.8, 4) is 5.75 Å². The number of aliphatic imine (C=N–C) groups is 1. The fraction of sp³-hybridized carbons (Fsp3) is 0.696. The molecule has 6 heteroatoms. The summed E-state index contributed by atoms with van der Waals surface area (Å²) in [4.78, 5) is 7.15. The molecular weight excluding hydrogens is 364 g/mol. The molecule has 1 unspecified atom stereocenters. The van der Waals surface area contributed by atoms with Crippen LogP contribution in [0, 0.1) is 5.92 Å². The molecule has 1 atom stereocenters. The molecule has 1 fully saturated rings. The molecule has 0 radical (unpaired) electrons. The Balaban J connectivity index is 1.81. The fourth-order valence-corrected chi connectivity index (χ4v) is 3.64. The minimum Gasteiger partial charge on any atom is -0.491 e. The normalized spacial score (nSPS) is 17.4. The highest BCUT2D eigenvalue weighted by atomic mass is 16.5. The Morgan fingerprint density at radius 2 is 1.86 bits per heavy atom. The Morgan fingerprint density at radius 1 is 1.17 bits per heavy atom. The maximum Gasteiger partial charge on any atom is 0.191 e. The molecule has 1 aromatic carbocycles. The second-order valence-corrected chi connectivity index (χ2v) is 8.14. The van der Waals surface area contributed by atoms with Crippen LogP contribution in [0.25, 0.3) is 0 Å². The van der Waals surface area contributed by atoms with E-state index in [0.717, 1.165) is 30.4 Å². The zero-order valence-electron chi connectivity index (χ0n) is 18.7. The van der Waals surface area contributed by atoms with Crippen molar-refractivity contribution in [3.63, 3.8) is 0 Å². The maximum atomic E-state index is 10.5. The molecule has 164 valence electrons. The summed E-state index contributed by atoms with van der Waals surface area (Å²) in [6.45, 7) is 14.0. The number of benzene rings is 1. The molecule has 1 aliphatic heterocycles. The van der Waals surface area contributed by atoms with E-state index in [1.165, 1.54) is 38.9 Å². The monoisotopic (exact) mass is 404 g/mol. The first-order chi connectivity index (χ1) is 14.0. The first-order valence-electron chi connectivity index (χ1n) is 11.2. The predicted molar refractivity (Wildman–Crippen MR) is 121 cm³/mol. The average molecular weight is 405 g/mol. The SMILES string of the molecule is CCCN1CCC(CNC(=NCC(O)c2ccc(OC(C)C)cc2)NCC)CC1. The summed E-state index contributed by atoms with van der Waals surface area (Å²) >= 11 is 0. The molecule has 1 heterocycles. The Kier molecular flexibility index (Phi) is 10.3. The lowest BCUT2D eigenvalue weighted by Gasteiger charge is -2.32. The minimum absolute atomic E-state index is 0.142. The topological polar surface area (TPSA) is 69.1 Å².